The summed E-state index contributed by atoms with van der Waals surface area (Å²) in [6.45, 7) is 0.760. The molecule has 7 nitrogen and oxygen atoms in total. The number of nitrogens with zero attached hydrogens (tertiary/aromatic N) is 3. The number of carbonyl (C=O) groups is 2. The third-order valence-electron chi connectivity index (χ3n) is 5.28. The van der Waals surface area contributed by atoms with Crippen molar-refractivity contribution in [1.82, 2.24) is 9.97 Å². The zero-order valence-electron chi connectivity index (χ0n) is 15.9. The van der Waals surface area contributed by atoms with E-state index in [2.05, 4.69) is 9.97 Å². The Hall–Kier alpha value is -4.00. The fourth-order valence-corrected chi connectivity index (χ4v) is 3.80. The van der Waals surface area contributed by atoms with E-state index in [4.69, 9.17) is 4.42 Å². The number of rotatable bonds is 4. The molecule has 0 saturated carbocycles. The molecule has 0 radical (unpaired) electrons. The SMILES string of the molecule is O=C(O)c1cc2c(-c3cncc(-c4ccc(N5CCCC5=O)cc4)c3)ccnc2o1. The molecular formula is C23H17N3O4. The van der Waals surface area contributed by atoms with E-state index < -0.39 is 5.97 Å². The number of fused-ring (bicyclic) bond motifs is 1. The molecule has 1 amide bonds. The van der Waals surface area contributed by atoms with Gasteiger partial charge in [-0.25, -0.2) is 9.78 Å². The van der Waals surface area contributed by atoms with Crippen LogP contribution in [0.15, 0.2) is 65.5 Å². The highest BCUT2D eigenvalue weighted by molar-refractivity contribution is 5.98. The van der Waals surface area contributed by atoms with Crippen LogP contribution in [0, 0.1) is 0 Å². The largest absolute Gasteiger partial charge is 0.475 e. The third-order valence-corrected chi connectivity index (χ3v) is 5.28. The molecule has 1 aromatic carbocycles. The number of hydrogen-bond donors (Lipinski definition) is 1. The summed E-state index contributed by atoms with van der Waals surface area (Å²) in [5.41, 5.74) is 4.69. The van der Waals surface area contributed by atoms with Crippen molar-refractivity contribution in [1.29, 1.82) is 0 Å². The summed E-state index contributed by atoms with van der Waals surface area (Å²) in [6, 6.07) is 13.1. The number of benzene rings is 1. The van der Waals surface area contributed by atoms with Gasteiger partial charge < -0.3 is 14.4 Å². The fraction of sp³-hybridized carbons (Fsp3) is 0.130. The summed E-state index contributed by atoms with van der Waals surface area (Å²) in [7, 11) is 0. The minimum atomic E-state index is -1.14. The van der Waals surface area contributed by atoms with Gasteiger partial charge in [0.2, 0.25) is 17.4 Å². The fourth-order valence-electron chi connectivity index (χ4n) is 3.80. The third kappa shape index (κ3) is 3.10. The summed E-state index contributed by atoms with van der Waals surface area (Å²) in [5, 5.41) is 9.82. The number of amides is 1. The van der Waals surface area contributed by atoms with Crippen LogP contribution in [0.4, 0.5) is 5.69 Å². The Morgan fingerprint density at radius 2 is 1.83 bits per heavy atom. The second kappa shape index (κ2) is 7.11. The summed E-state index contributed by atoms with van der Waals surface area (Å²) >= 11 is 0. The molecular weight excluding hydrogens is 382 g/mol. The Kier molecular flexibility index (Phi) is 4.28. The van der Waals surface area contributed by atoms with Gasteiger partial charge in [-0.3, -0.25) is 9.78 Å². The van der Waals surface area contributed by atoms with E-state index >= 15 is 0 Å². The van der Waals surface area contributed by atoms with Crippen LogP contribution in [0.5, 0.6) is 0 Å². The van der Waals surface area contributed by atoms with Gasteiger partial charge in [0, 0.05) is 59.8 Å². The number of carboxylic acids is 1. The minimum absolute atomic E-state index is 0.152. The average Bonchev–Trinajstić information content (AvgIpc) is 3.40. The highest BCUT2D eigenvalue weighted by Crippen LogP contribution is 2.32. The number of pyridine rings is 2. The van der Waals surface area contributed by atoms with Crippen molar-refractivity contribution in [2.24, 2.45) is 0 Å². The Balaban J connectivity index is 1.51. The highest BCUT2D eigenvalue weighted by atomic mass is 16.4. The van der Waals surface area contributed by atoms with Crippen molar-refractivity contribution in [3.05, 3.63) is 66.8 Å². The Labute approximate surface area is 171 Å². The second-order valence-corrected chi connectivity index (χ2v) is 7.15. The summed E-state index contributed by atoms with van der Waals surface area (Å²) in [5.74, 6) is -1.13. The van der Waals surface area contributed by atoms with Gasteiger partial charge in [-0.2, -0.15) is 0 Å². The van der Waals surface area contributed by atoms with Gasteiger partial charge in [0.25, 0.3) is 0 Å². The normalized spacial score (nSPS) is 13.9. The van der Waals surface area contributed by atoms with E-state index in [0.717, 1.165) is 40.9 Å². The number of hydrogen-bond acceptors (Lipinski definition) is 5. The Bertz CT molecular complexity index is 1280. The van der Waals surface area contributed by atoms with Crippen molar-refractivity contribution in [3.63, 3.8) is 0 Å². The molecule has 3 aromatic heterocycles. The lowest BCUT2D eigenvalue weighted by molar-refractivity contribution is -0.117. The van der Waals surface area contributed by atoms with Crippen molar-refractivity contribution in [2.45, 2.75) is 12.8 Å². The van der Waals surface area contributed by atoms with Gasteiger partial charge in [-0.05, 0) is 41.8 Å². The van der Waals surface area contributed by atoms with Gasteiger partial charge in [0.1, 0.15) is 0 Å². The first-order chi connectivity index (χ1) is 14.6. The summed E-state index contributed by atoms with van der Waals surface area (Å²) in [4.78, 5) is 33.5. The van der Waals surface area contributed by atoms with E-state index in [1.165, 1.54) is 6.07 Å². The minimum Gasteiger partial charge on any atom is -0.475 e. The molecule has 4 heterocycles. The molecule has 30 heavy (non-hydrogen) atoms. The van der Waals surface area contributed by atoms with Crippen molar-refractivity contribution < 1.29 is 19.1 Å². The molecule has 4 aromatic rings. The lowest BCUT2D eigenvalue weighted by Crippen LogP contribution is -2.23. The van der Waals surface area contributed by atoms with Crippen molar-refractivity contribution >= 4 is 28.7 Å². The molecule has 5 rings (SSSR count). The molecule has 1 fully saturated rings. The first kappa shape index (κ1) is 18.1. The topological polar surface area (TPSA) is 96.5 Å². The van der Waals surface area contributed by atoms with Crippen LogP contribution in [-0.2, 0) is 4.79 Å². The molecule has 0 spiro atoms. The smallest absolute Gasteiger partial charge is 0.371 e. The summed E-state index contributed by atoms with van der Waals surface area (Å²) in [6.07, 6.45) is 6.58. The van der Waals surface area contributed by atoms with E-state index in [0.29, 0.717) is 11.8 Å². The maximum absolute atomic E-state index is 11.9. The van der Waals surface area contributed by atoms with Gasteiger partial charge in [0.15, 0.2) is 0 Å². The van der Waals surface area contributed by atoms with E-state index in [1.807, 2.05) is 41.3 Å². The van der Waals surface area contributed by atoms with Crippen LogP contribution in [0.2, 0.25) is 0 Å². The lowest BCUT2D eigenvalue weighted by Gasteiger charge is -2.16. The zero-order valence-corrected chi connectivity index (χ0v) is 15.9. The van der Waals surface area contributed by atoms with Gasteiger partial charge >= 0.3 is 5.97 Å². The zero-order chi connectivity index (χ0) is 20.7. The Morgan fingerprint density at radius 3 is 2.57 bits per heavy atom. The van der Waals surface area contributed by atoms with Gasteiger partial charge in [-0.15, -0.1) is 0 Å². The first-order valence-electron chi connectivity index (χ1n) is 9.58. The van der Waals surface area contributed by atoms with Crippen molar-refractivity contribution in [2.75, 3.05) is 11.4 Å². The number of anilines is 1. The van der Waals surface area contributed by atoms with Crippen LogP contribution >= 0.6 is 0 Å². The molecule has 0 unspecified atom stereocenters. The van der Waals surface area contributed by atoms with Crippen molar-refractivity contribution in [3.8, 4) is 22.3 Å². The number of aromatic carboxylic acids is 1. The highest BCUT2D eigenvalue weighted by Gasteiger charge is 2.21. The predicted molar refractivity (Wildman–Crippen MR) is 111 cm³/mol. The number of carboxylic acid groups (broad SMARTS) is 1. The summed E-state index contributed by atoms with van der Waals surface area (Å²) < 4.78 is 5.31. The molecule has 1 saturated heterocycles. The molecule has 1 aliphatic heterocycles. The van der Waals surface area contributed by atoms with Crippen LogP contribution < -0.4 is 4.90 Å². The second-order valence-electron chi connectivity index (χ2n) is 7.15. The molecule has 1 N–H and O–H groups in total. The average molecular weight is 399 g/mol. The lowest BCUT2D eigenvalue weighted by atomic mass is 10.0. The van der Waals surface area contributed by atoms with Gasteiger partial charge in [-0.1, -0.05) is 12.1 Å². The predicted octanol–water partition coefficient (Wildman–Crippen LogP) is 4.38. The molecule has 148 valence electrons. The maximum Gasteiger partial charge on any atom is 0.371 e. The van der Waals surface area contributed by atoms with E-state index in [-0.39, 0.29) is 17.4 Å². The van der Waals surface area contributed by atoms with Gasteiger partial charge in [0.05, 0.1) is 0 Å². The van der Waals surface area contributed by atoms with Crippen LogP contribution in [-0.4, -0.2) is 33.5 Å². The van der Waals surface area contributed by atoms with E-state index in [1.54, 1.807) is 18.6 Å². The number of aromatic nitrogens is 2. The van der Waals surface area contributed by atoms with Crippen LogP contribution in [0.1, 0.15) is 23.4 Å². The molecule has 7 heteroatoms. The molecule has 1 aliphatic rings. The molecule has 0 bridgehead atoms. The Morgan fingerprint density at radius 1 is 1.03 bits per heavy atom. The molecule has 0 atom stereocenters. The monoisotopic (exact) mass is 399 g/mol. The number of carbonyl (C=O) groups excluding carboxylic acids is 1. The van der Waals surface area contributed by atoms with Crippen LogP contribution in [0.3, 0.4) is 0 Å². The quantitative estimate of drug-likeness (QED) is 0.547. The maximum atomic E-state index is 11.9. The number of furan rings is 1. The van der Waals surface area contributed by atoms with Crippen LogP contribution in [0.25, 0.3) is 33.4 Å². The standard InChI is InChI=1S/C23H17N3O4/c27-21-2-1-9-26(21)17-5-3-14(4-6-17)15-10-16(13-24-12-15)18-7-8-25-22-19(18)11-20(30-22)23(28)29/h3-8,10-13H,1-2,9H2,(H,28,29). The van der Waals surface area contributed by atoms with E-state index in [9.17, 15) is 14.7 Å². The first-order valence-corrected chi connectivity index (χ1v) is 9.58. The molecule has 0 aliphatic carbocycles.